The molecule has 3 N–H and O–H groups in total. The van der Waals surface area contributed by atoms with Crippen LogP contribution in [0.15, 0.2) is 12.1 Å². The Hall–Kier alpha value is -1.76. The summed E-state index contributed by atoms with van der Waals surface area (Å²) < 4.78 is 1.39. The monoisotopic (exact) mass is 207 g/mol. The van der Waals surface area contributed by atoms with Gasteiger partial charge in [0.05, 0.1) is 0 Å². The Morgan fingerprint density at radius 2 is 2.27 bits per heavy atom. The summed E-state index contributed by atoms with van der Waals surface area (Å²) in [6, 6.07) is 3.67. The van der Waals surface area contributed by atoms with Crippen LogP contribution >= 0.6 is 0 Å². The van der Waals surface area contributed by atoms with E-state index in [4.69, 9.17) is 5.73 Å². The van der Waals surface area contributed by atoms with Crippen LogP contribution in [0, 0.1) is 0 Å². The van der Waals surface area contributed by atoms with Gasteiger partial charge in [-0.2, -0.15) is 0 Å². The minimum absolute atomic E-state index is 0.641. The molecule has 80 valence electrons. The molecule has 0 spiro atoms. The summed E-state index contributed by atoms with van der Waals surface area (Å²) in [5, 5.41) is 18.3. The molecule has 0 aliphatic carbocycles. The highest BCUT2D eigenvalue weighted by Crippen LogP contribution is 2.03. The van der Waals surface area contributed by atoms with Gasteiger partial charge in [-0.1, -0.05) is 0 Å². The molecule has 0 unspecified atom stereocenters. The van der Waals surface area contributed by atoms with Crippen LogP contribution in [-0.4, -0.2) is 38.3 Å². The standard InChI is InChI=1S/C8H13N7/c9-5-1-2-6-10-7-3-4-8-11-13-14-15(8)12-7/h3-4H,1-2,5-6,9H2,(H,10,12). The zero-order valence-electron chi connectivity index (χ0n) is 8.30. The third kappa shape index (κ3) is 2.38. The molecule has 0 bridgehead atoms. The Morgan fingerprint density at radius 1 is 1.33 bits per heavy atom. The lowest BCUT2D eigenvalue weighted by molar-refractivity contribution is 0.727. The second-order valence-corrected chi connectivity index (χ2v) is 3.17. The molecule has 7 heteroatoms. The summed E-state index contributed by atoms with van der Waals surface area (Å²) in [6.07, 6.45) is 2.05. The molecule has 0 aliphatic rings. The van der Waals surface area contributed by atoms with Crippen molar-refractivity contribution in [2.45, 2.75) is 12.8 Å². The molecule has 0 saturated heterocycles. The van der Waals surface area contributed by atoms with Crippen LogP contribution in [0.1, 0.15) is 12.8 Å². The van der Waals surface area contributed by atoms with Crippen molar-refractivity contribution in [2.75, 3.05) is 18.4 Å². The Morgan fingerprint density at radius 3 is 3.13 bits per heavy atom. The lowest BCUT2D eigenvalue weighted by atomic mass is 10.3. The van der Waals surface area contributed by atoms with Crippen LogP contribution in [0.2, 0.25) is 0 Å². The third-order valence-corrected chi connectivity index (χ3v) is 2.01. The zero-order valence-corrected chi connectivity index (χ0v) is 8.30. The molecule has 0 radical (unpaired) electrons. The second-order valence-electron chi connectivity index (χ2n) is 3.17. The first-order chi connectivity index (χ1) is 7.40. The van der Waals surface area contributed by atoms with Crippen molar-refractivity contribution in [2.24, 2.45) is 5.73 Å². The highest BCUT2D eigenvalue weighted by Gasteiger charge is 1.99. The van der Waals surface area contributed by atoms with Gasteiger partial charge in [0.2, 0.25) is 0 Å². The van der Waals surface area contributed by atoms with E-state index in [1.165, 1.54) is 4.63 Å². The molecule has 0 fully saturated rings. The molecule has 2 heterocycles. The van der Waals surface area contributed by atoms with Gasteiger partial charge in [0.25, 0.3) is 0 Å². The highest BCUT2D eigenvalue weighted by atomic mass is 15.6. The van der Waals surface area contributed by atoms with E-state index in [1.807, 2.05) is 12.1 Å². The number of nitrogens with zero attached hydrogens (tertiary/aromatic N) is 5. The van der Waals surface area contributed by atoms with E-state index >= 15 is 0 Å². The van der Waals surface area contributed by atoms with E-state index in [0.717, 1.165) is 31.7 Å². The smallest absolute Gasteiger partial charge is 0.200 e. The first-order valence-electron chi connectivity index (χ1n) is 4.89. The van der Waals surface area contributed by atoms with Crippen molar-refractivity contribution in [3.8, 4) is 0 Å². The first kappa shape index (κ1) is 9.78. The van der Waals surface area contributed by atoms with Gasteiger partial charge in [-0.25, -0.2) is 0 Å². The minimum Gasteiger partial charge on any atom is -0.369 e. The summed E-state index contributed by atoms with van der Waals surface area (Å²) in [5.74, 6) is 0.770. The van der Waals surface area contributed by atoms with Gasteiger partial charge in [-0.15, -0.1) is 14.8 Å². The van der Waals surface area contributed by atoms with Crippen molar-refractivity contribution in [1.82, 2.24) is 25.3 Å². The summed E-state index contributed by atoms with van der Waals surface area (Å²) in [6.45, 7) is 1.58. The van der Waals surface area contributed by atoms with Crippen molar-refractivity contribution >= 4 is 11.5 Å². The number of aromatic nitrogens is 5. The molecule has 0 amide bonds. The molecule has 0 aromatic carbocycles. The molecule has 2 aromatic rings. The fourth-order valence-electron chi connectivity index (χ4n) is 1.23. The number of nitrogens with one attached hydrogen (secondary N) is 1. The zero-order chi connectivity index (χ0) is 10.5. The second kappa shape index (κ2) is 4.65. The van der Waals surface area contributed by atoms with Gasteiger partial charge < -0.3 is 11.1 Å². The Balaban J connectivity index is 1.96. The molecule has 0 aliphatic heterocycles. The topological polar surface area (TPSA) is 94.0 Å². The summed E-state index contributed by atoms with van der Waals surface area (Å²) in [4.78, 5) is 0. The molecule has 15 heavy (non-hydrogen) atoms. The van der Waals surface area contributed by atoms with Gasteiger partial charge in [0.1, 0.15) is 5.82 Å². The normalized spacial score (nSPS) is 10.7. The van der Waals surface area contributed by atoms with E-state index in [9.17, 15) is 0 Å². The van der Waals surface area contributed by atoms with Crippen LogP contribution in [0.25, 0.3) is 5.65 Å². The lowest BCUT2D eigenvalue weighted by Gasteiger charge is -2.03. The molecule has 2 aromatic heterocycles. The number of fused-ring (bicyclic) bond motifs is 1. The highest BCUT2D eigenvalue weighted by molar-refractivity contribution is 5.41. The maximum Gasteiger partial charge on any atom is 0.200 e. The number of rotatable bonds is 5. The van der Waals surface area contributed by atoms with Crippen molar-refractivity contribution in [1.29, 1.82) is 0 Å². The van der Waals surface area contributed by atoms with Crippen molar-refractivity contribution < 1.29 is 0 Å². The molecule has 0 atom stereocenters. The number of anilines is 1. The van der Waals surface area contributed by atoms with Crippen LogP contribution in [0.3, 0.4) is 0 Å². The van der Waals surface area contributed by atoms with Gasteiger partial charge in [0.15, 0.2) is 5.65 Å². The number of tetrazole rings is 1. The molecule has 0 saturated carbocycles. The molecular formula is C8H13N7. The van der Waals surface area contributed by atoms with Crippen LogP contribution in [-0.2, 0) is 0 Å². The van der Waals surface area contributed by atoms with E-state index in [1.54, 1.807) is 0 Å². The number of nitrogens with two attached hydrogens (primary N) is 1. The fourth-order valence-corrected chi connectivity index (χ4v) is 1.23. The maximum absolute atomic E-state index is 5.39. The Bertz CT molecular complexity index is 424. The van der Waals surface area contributed by atoms with Crippen molar-refractivity contribution in [3.05, 3.63) is 12.1 Å². The van der Waals surface area contributed by atoms with Gasteiger partial charge >= 0.3 is 0 Å². The number of hydrogen-bond acceptors (Lipinski definition) is 6. The van der Waals surface area contributed by atoms with E-state index in [0.29, 0.717) is 5.65 Å². The molecule has 7 nitrogen and oxygen atoms in total. The largest absolute Gasteiger partial charge is 0.369 e. The van der Waals surface area contributed by atoms with E-state index in [2.05, 4.69) is 25.9 Å². The number of unbranched alkanes of at least 4 members (excludes halogenated alkanes) is 1. The van der Waals surface area contributed by atoms with Crippen LogP contribution in [0.4, 0.5) is 5.82 Å². The SMILES string of the molecule is NCCCCNc1ccc2nnnn2n1. The molecule has 2 rings (SSSR count). The number of hydrogen-bond donors (Lipinski definition) is 2. The van der Waals surface area contributed by atoms with E-state index in [-0.39, 0.29) is 0 Å². The summed E-state index contributed by atoms with van der Waals surface area (Å²) in [5.41, 5.74) is 6.04. The average molecular weight is 207 g/mol. The predicted molar refractivity (Wildman–Crippen MR) is 55.4 cm³/mol. The van der Waals surface area contributed by atoms with Crippen LogP contribution < -0.4 is 11.1 Å². The third-order valence-electron chi connectivity index (χ3n) is 2.01. The van der Waals surface area contributed by atoms with E-state index < -0.39 is 0 Å². The van der Waals surface area contributed by atoms with Crippen LogP contribution in [0.5, 0.6) is 0 Å². The first-order valence-corrected chi connectivity index (χ1v) is 4.89. The quantitative estimate of drug-likeness (QED) is 0.652. The maximum atomic E-state index is 5.39. The predicted octanol–water partition coefficient (Wildman–Crippen LogP) is -0.330. The Labute approximate surface area is 86.7 Å². The minimum atomic E-state index is 0.641. The van der Waals surface area contributed by atoms with Gasteiger partial charge in [-0.05, 0) is 41.9 Å². The van der Waals surface area contributed by atoms with Crippen molar-refractivity contribution in [3.63, 3.8) is 0 Å². The van der Waals surface area contributed by atoms with Gasteiger partial charge in [0, 0.05) is 6.54 Å². The lowest BCUT2D eigenvalue weighted by Crippen LogP contribution is -2.08. The van der Waals surface area contributed by atoms with Gasteiger partial charge in [-0.3, -0.25) is 0 Å². The average Bonchev–Trinajstić information content (AvgIpc) is 2.71. The summed E-state index contributed by atoms with van der Waals surface area (Å²) >= 11 is 0. The Kier molecular flexibility index (Phi) is 3.03. The molecular weight excluding hydrogens is 194 g/mol. The summed E-state index contributed by atoms with van der Waals surface area (Å²) in [7, 11) is 0. The fraction of sp³-hybridized carbons (Fsp3) is 0.500.